The zero-order chi connectivity index (χ0) is 11.5. The number of aliphatic hydroxyl groups is 1. The van der Waals surface area contributed by atoms with Gasteiger partial charge in [0.15, 0.2) is 0 Å². The Labute approximate surface area is 98.2 Å². The second-order valence-corrected chi connectivity index (χ2v) is 4.61. The molecule has 0 bridgehead atoms. The molecule has 2 rings (SSSR count). The van der Waals surface area contributed by atoms with Crippen LogP contribution in [-0.2, 0) is 0 Å². The molecule has 0 saturated carbocycles. The lowest BCUT2D eigenvalue weighted by Gasteiger charge is -2.09. The van der Waals surface area contributed by atoms with Crippen LogP contribution in [0, 0.1) is 5.82 Å². The Balaban J connectivity index is 2.37. The normalized spacial score (nSPS) is 12.7. The average Bonchev–Trinajstić information content (AvgIpc) is 2.81. The molecule has 3 heteroatoms. The van der Waals surface area contributed by atoms with E-state index in [1.165, 1.54) is 6.07 Å². The quantitative estimate of drug-likeness (QED) is 0.862. The molecule has 0 aliphatic heterocycles. The number of benzene rings is 1. The summed E-state index contributed by atoms with van der Waals surface area (Å²) in [5.41, 5.74) is 2.36. The van der Waals surface area contributed by atoms with E-state index in [1.807, 2.05) is 29.8 Å². The molecule has 0 aliphatic rings. The molecule has 1 N–H and O–H groups in total. The van der Waals surface area contributed by atoms with Crippen molar-refractivity contribution in [2.24, 2.45) is 0 Å². The summed E-state index contributed by atoms with van der Waals surface area (Å²) in [5.74, 6) is -0.248. The molecule has 1 nitrogen and oxygen atoms in total. The molecular weight excluding hydrogens is 223 g/mol. The van der Waals surface area contributed by atoms with Gasteiger partial charge in [-0.05, 0) is 34.0 Å². The van der Waals surface area contributed by atoms with Gasteiger partial charge in [0.2, 0.25) is 0 Å². The fourth-order valence-electron chi connectivity index (χ4n) is 1.60. The number of hydrogen-bond donors (Lipinski definition) is 1. The first-order valence-corrected chi connectivity index (χ1v) is 6.09. The van der Waals surface area contributed by atoms with E-state index in [4.69, 9.17) is 5.11 Å². The average molecular weight is 236 g/mol. The van der Waals surface area contributed by atoms with E-state index < -0.39 is 0 Å². The number of hydrogen-bond acceptors (Lipinski definition) is 2. The van der Waals surface area contributed by atoms with E-state index in [0.717, 1.165) is 11.1 Å². The van der Waals surface area contributed by atoms with Crippen molar-refractivity contribution in [2.75, 3.05) is 6.61 Å². The van der Waals surface area contributed by atoms with Crippen LogP contribution in [0.4, 0.5) is 4.39 Å². The van der Waals surface area contributed by atoms with Gasteiger partial charge in [-0.25, -0.2) is 4.39 Å². The summed E-state index contributed by atoms with van der Waals surface area (Å²) >= 11 is 1.55. The van der Waals surface area contributed by atoms with Crippen LogP contribution in [-0.4, -0.2) is 11.7 Å². The summed E-state index contributed by atoms with van der Waals surface area (Å²) in [6.07, 6.45) is 0. The Morgan fingerprint density at radius 3 is 2.75 bits per heavy atom. The van der Waals surface area contributed by atoms with Crippen molar-refractivity contribution in [3.63, 3.8) is 0 Å². The molecule has 1 aromatic heterocycles. The third-order valence-corrected chi connectivity index (χ3v) is 3.35. The van der Waals surface area contributed by atoms with Gasteiger partial charge in [-0.1, -0.05) is 19.1 Å². The maximum atomic E-state index is 13.8. The van der Waals surface area contributed by atoms with E-state index >= 15 is 0 Å². The van der Waals surface area contributed by atoms with Gasteiger partial charge in [-0.2, -0.15) is 11.3 Å². The van der Waals surface area contributed by atoms with Crippen molar-refractivity contribution < 1.29 is 9.50 Å². The standard InChI is InChI=1S/C13H13FOS/c1-9(7-15)10-2-3-12(13(14)6-10)11-4-5-16-8-11/h2-6,8-9,15H,7H2,1H3. The monoisotopic (exact) mass is 236 g/mol. The summed E-state index contributed by atoms with van der Waals surface area (Å²) in [7, 11) is 0. The maximum absolute atomic E-state index is 13.8. The minimum absolute atomic E-state index is 0.0222. The first kappa shape index (κ1) is 11.3. The summed E-state index contributed by atoms with van der Waals surface area (Å²) in [5, 5.41) is 12.9. The van der Waals surface area contributed by atoms with Crippen molar-refractivity contribution in [1.29, 1.82) is 0 Å². The Morgan fingerprint density at radius 2 is 2.19 bits per heavy atom. The molecule has 16 heavy (non-hydrogen) atoms. The van der Waals surface area contributed by atoms with Gasteiger partial charge in [0.25, 0.3) is 0 Å². The Morgan fingerprint density at radius 1 is 1.38 bits per heavy atom. The van der Waals surface area contributed by atoms with Crippen LogP contribution in [0.2, 0.25) is 0 Å². The number of halogens is 1. The highest BCUT2D eigenvalue weighted by Crippen LogP contribution is 2.27. The minimum Gasteiger partial charge on any atom is -0.396 e. The Hall–Kier alpha value is -1.19. The van der Waals surface area contributed by atoms with E-state index in [2.05, 4.69) is 0 Å². The second-order valence-electron chi connectivity index (χ2n) is 3.83. The van der Waals surface area contributed by atoms with Crippen LogP contribution in [0.25, 0.3) is 11.1 Å². The predicted molar refractivity (Wildman–Crippen MR) is 65.2 cm³/mol. The highest BCUT2D eigenvalue weighted by molar-refractivity contribution is 7.08. The third kappa shape index (κ3) is 2.15. The van der Waals surface area contributed by atoms with E-state index in [9.17, 15) is 4.39 Å². The predicted octanol–water partition coefficient (Wildman–Crippen LogP) is 3.65. The van der Waals surface area contributed by atoms with Gasteiger partial charge in [-0.3, -0.25) is 0 Å². The lowest BCUT2D eigenvalue weighted by molar-refractivity contribution is 0.273. The molecule has 1 heterocycles. The smallest absolute Gasteiger partial charge is 0.131 e. The van der Waals surface area contributed by atoms with E-state index in [-0.39, 0.29) is 18.3 Å². The summed E-state index contributed by atoms with van der Waals surface area (Å²) in [6, 6.07) is 7.06. The maximum Gasteiger partial charge on any atom is 0.131 e. The van der Waals surface area contributed by atoms with Crippen molar-refractivity contribution in [3.8, 4) is 11.1 Å². The van der Waals surface area contributed by atoms with Crippen LogP contribution in [0.1, 0.15) is 18.4 Å². The van der Waals surface area contributed by atoms with E-state index in [1.54, 1.807) is 17.4 Å². The zero-order valence-electron chi connectivity index (χ0n) is 8.98. The molecule has 1 aromatic carbocycles. The fraction of sp³-hybridized carbons (Fsp3) is 0.231. The van der Waals surface area contributed by atoms with Gasteiger partial charge in [0.05, 0.1) is 0 Å². The highest BCUT2D eigenvalue weighted by atomic mass is 32.1. The van der Waals surface area contributed by atoms with Gasteiger partial charge in [-0.15, -0.1) is 0 Å². The number of thiophene rings is 1. The van der Waals surface area contributed by atoms with Crippen molar-refractivity contribution in [3.05, 3.63) is 46.4 Å². The molecule has 0 saturated heterocycles. The van der Waals surface area contributed by atoms with Crippen LogP contribution in [0.3, 0.4) is 0 Å². The Kier molecular flexibility index (Phi) is 3.36. The Bertz CT molecular complexity index is 465. The first-order chi connectivity index (χ1) is 7.72. The molecule has 1 atom stereocenters. The van der Waals surface area contributed by atoms with Crippen molar-refractivity contribution in [1.82, 2.24) is 0 Å². The number of aliphatic hydroxyl groups excluding tert-OH is 1. The molecular formula is C13H13FOS. The molecule has 0 amide bonds. The lowest BCUT2D eigenvalue weighted by atomic mass is 9.98. The summed E-state index contributed by atoms with van der Waals surface area (Å²) in [4.78, 5) is 0. The zero-order valence-corrected chi connectivity index (χ0v) is 9.80. The molecule has 0 radical (unpaired) electrons. The molecule has 1 unspecified atom stereocenters. The summed E-state index contributed by atoms with van der Waals surface area (Å²) in [6.45, 7) is 1.91. The SMILES string of the molecule is CC(CO)c1ccc(-c2ccsc2)c(F)c1. The van der Waals surface area contributed by atoms with Gasteiger partial charge < -0.3 is 5.11 Å². The lowest BCUT2D eigenvalue weighted by Crippen LogP contribution is -1.99. The third-order valence-electron chi connectivity index (χ3n) is 2.67. The van der Waals surface area contributed by atoms with E-state index in [0.29, 0.717) is 5.56 Å². The topological polar surface area (TPSA) is 20.2 Å². The summed E-state index contributed by atoms with van der Waals surface area (Å²) < 4.78 is 13.8. The van der Waals surface area contributed by atoms with Crippen molar-refractivity contribution >= 4 is 11.3 Å². The number of rotatable bonds is 3. The van der Waals surface area contributed by atoms with Gasteiger partial charge in [0.1, 0.15) is 5.82 Å². The van der Waals surface area contributed by atoms with Crippen LogP contribution < -0.4 is 0 Å². The van der Waals surface area contributed by atoms with Crippen LogP contribution in [0.15, 0.2) is 35.0 Å². The fourth-order valence-corrected chi connectivity index (χ4v) is 2.25. The van der Waals surface area contributed by atoms with Crippen molar-refractivity contribution in [2.45, 2.75) is 12.8 Å². The first-order valence-electron chi connectivity index (χ1n) is 5.15. The highest BCUT2D eigenvalue weighted by Gasteiger charge is 2.09. The molecule has 0 fully saturated rings. The van der Waals surface area contributed by atoms with Gasteiger partial charge in [0, 0.05) is 18.1 Å². The molecule has 2 aromatic rings. The van der Waals surface area contributed by atoms with Gasteiger partial charge >= 0.3 is 0 Å². The molecule has 84 valence electrons. The molecule has 0 spiro atoms. The largest absolute Gasteiger partial charge is 0.396 e. The second kappa shape index (κ2) is 4.76. The van der Waals surface area contributed by atoms with Crippen LogP contribution in [0.5, 0.6) is 0 Å². The van der Waals surface area contributed by atoms with Crippen LogP contribution >= 0.6 is 11.3 Å². The molecule has 0 aliphatic carbocycles. The minimum atomic E-state index is -0.226.